The summed E-state index contributed by atoms with van der Waals surface area (Å²) in [6.45, 7) is 4.75. The van der Waals surface area contributed by atoms with Crippen LogP contribution in [0.5, 0.6) is 5.75 Å². The Balaban J connectivity index is 1.88. The second kappa shape index (κ2) is 6.77. The highest BCUT2D eigenvalue weighted by atomic mass is 32.2. The molecule has 5 heteroatoms. The Morgan fingerprint density at radius 2 is 1.86 bits per heavy atom. The average molecular weight is 316 g/mol. The molecule has 1 aromatic rings. The summed E-state index contributed by atoms with van der Waals surface area (Å²) in [7, 11) is 0. The summed E-state index contributed by atoms with van der Waals surface area (Å²) in [6, 6.07) is 4.87. The molecule has 1 aromatic carbocycles. The van der Waals surface area contributed by atoms with Crippen LogP contribution < -0.4 is 4.74 Å². The fourth-order valence-corrected chi connectivity index (χ4v) is 3.80. The highest BCUT2D eigenvalue weighted by molar-refractivity contribution is 8.01. The van der Waals surface area contributed by atoms with Gasteiger partial charge in [-0.05, 0) is 37.6 Å². The quantitative estimate of drug-likeness (QED) is 0.680. The predicted molar refractivity (Wildman–Crippen MR) is 80.8 cm³/mol. The molecule has 1 nitrogen and oxygen atoms in total. The van der Waals surface area contributed by atoms with Gasteiger partial charge in [0.15, 0.2) is 0 Å². The van der Waals surface area contributed by atoms with E-state index >= 15 is 0 Å². The molecule has 116 valence electrons. The van der Waals surface area contributed by atoms with E-state index in [4.69, 9.17) is 4.74 Å². The molecule has 0 unspecified atom stereocenters. The number of hydrogen-bond acceptors (Lipinski definition) is 2. The van der Waals surface area contributed by atoms with Gasteiger partial charge in [0.05, 0.1) is 10.8 Å². The topological polar surface area (TPSA) is 9.23 Å². The zero-order valence-corrected chi connectivity index (χ0v) is 12.9. The number of alkyl halides is 3. The van der Waals surface area contributed by atoms with Crippen LogP contribution in [0.1, 0.15) is 32.3 Å². The van der Waals surface area contributed by atoms with Crippen molar-refractivity contribution in [1.29, 1.82) is 0 Å². The maximum Gasteiger partial charge on any atom is 0.416 e. The minimum atomic E-state index is -4.30. The number of thioether (sulfide) groups is 1. The Labute approximate surface area is 127 Å². The first-order chi connectivity index (χ1) is 9.90. The van der Waals surface area contributed by atoms with E-state index in [9.17, 15) is 13.2 Å². The molecule has 1 aliphatic heterocycles. The summed E-state index contributed by atoms with van der Waals surface area (Å²) in [5, 5.41) is 0.833. The van der Waals surface area contributed by atoms with Gasteiger partial charge in [-0.2, -0.15) is 13.2 Å². The molecule has 21 heavy (non-hydrogen) atoms. The van der Waals surface area contributed by atoms with Crippen LogP contribution in [-0.4, -0.2) is 17.1 Å². The largest absolute Gasteiger partial charge is 0.492 e. The van der Waals surface area contributed by atoms with Gasteiger partial charge in [0.1, 0.15) is 12.4 Å². The van der Waals surface area contributed by atoms with Gasteiger partial charge in [-0.25, -0.2) is 0 Å². The van der Waals surface area contributed by atoms with Gasteiger partial charge in [0.2, 0.25) is 0 Å². The molecule has 0 N–H and O–H groups in total. The number of ether oxygens (including phenoxy) is 1. The molecular formula is C16H19F3OS. The smallest absolute Gasteiger partial charge is 0.416 e. The monoisotopic (exact) mass is 316 g/mol. The van der Waals surface area contributed by atoms with E-state index in [1.807, 2.05) is 11.8 Å². The zero-order valence-electron chi connectivity index (χ0n) is 12.1. The molecule has 2 rings (SSSR count). The Hall–Kier alpha value is -1.10. The standard InChI is InChI=1S/C16H19F3OS/c1-3-4-14-9-11(2)15(21-14)10-20-13-7-5-12(6-8-13)16(17,18)19/h5-9,14-15H,3-4,10H2,1-2H3/t14-,15-/m0/s1. The summed E-state index contributed by atoms with van der Waals surface area (Å²) < 4.78 is 43.0. The first-order valence-electron chi connectivity index (χ1n) is 7.04. The van der Waals surface area contributed by atoms with Crippen molar-refractivity contribution >= 4 is 11.8 Å². The minimum absolute atomic E-state index is 0.295. The van der Waals surface area contributed by atoms with Gasteiger partial charge in [-0.1, -0.05) is 25.0 Å². The van der Waals surface area contributed by atoms with Gasteiger partial charge in [-0.15, -0.1) is 11.8 Å². The van der Waals surface area contributed by atoms with Crippen molar-refractivity contribution in [1.82, 2.24) is 0 Å². The Bertz CT molecular complexity index is 493. The van der Waals surface area contributed by atoms with E-state index in [2.05, 4.69) is 19.9 Å². The van der Waals surface area contributed by atoms with Gasteiger partial charge in [-0.3, -0.25) is 0 Å². The molecule has 0 spiro atoms. The molecule has 0 saturated carbocycles. The molecular weight excluding hydrogens is 297 g/mol. The normalized spacial score (nSPS) is 22.2. The van der Waals surface area contributed by atoms with Crippen LogP contribution >= 0.6 is 11.8 Å². The van der Waals surface area contributed by atoms with Crippen LogP contribution in [-0.2, 0) is 6.18 Å². The van der Waals surface area contributed by atoms with Crippen LogP contribution in [0.25, 0.3) is 0 Å². The van der Waals surface area contributed by atoms with Crippen molar-refractivity contribution < 1.29 is 17.9 Å². The molecule has 0 fully saturated rings. The number of rotatable bonds is 5. The van der Waals surface area contributed by atoms with Gasteiger partial charge in [0.25, 0.3) is 0 Å². The third-order valence-electron chi connectivity index (χ3n) is 3.45. The average Bonchev–Trinajstić information content (AvgIpc) is 2.76. The van der Waals surface area contributed by atoms with Crippen molar-refractivity contribution in [3.05, 3.63) is 41.5 Å². The number of benzene rings is 1. The van der Waals surface area contributed by atoms with Crippen molar-refractivity contribution in [2.24, 2.45) is 0 Å². The predicted octanol–water partition coefficient (Wildman–Crippen LogP) is 5.31. The summed E-state index contributed by atoms with van der Waals surface area (Å²) in [4.78, 5) is 0. The molecule has 1 heterocycles. The van der Waals surface area contributed by atoms with E-state index < -0.39 is 11.7 Å². The Kier molecular flexibility index (Phi) is 5.25. The fraction of sp³-hybridized carbons (Fsp3) is 0.500. The highest BCUT2D eigenvalue weighted by Gasteiger charge is 2.30. The molecule has 1 aliphatic rings. The van der Waals surface area contributed by atoms with Gasteiger partial charge in [0, 0.05) is 5.25 Å². The van der Waals surface area contributed by atoms with Crippen LogP contribution in [0.4, 0.5) is 13.2 Å². The van der Waals surface area contributed by atoms with Crippen molar-refractivity contribution in [3.8, 4) is 5.75 Å². The minimum Gasteiger partial charge on any atom is -0.492 e. The maximum atomic E-state index is 12.5. The summed E-state index contributed by atoms with van der Waals surface area (Å²) >= 11 is 1.87. The van der Waals surface area contributed by atoms with Crippen LogP contribution in [0.3, 0.4) is 0 Å². The summed E-state index contributed by atoms with van der Waals surface area (Å²) in [5.41, 5.74) is 0.648. The molecule has 0 aliphatic carbocycles. The van der Waals surface area contributed by atoms with Crippen molar-refractivity contribution in [2.75, 3.05) is 6.61 Å². The third-order valence-corrected chi connectivity index (χ3v) is 5.01. The Morgan fingerprint density at radius 1 is 1.19 bits per heavy atom. The number of halogens is 3. The SMILES string of the molecule is CCC[C@H]1C=C(C)[C@H](COc2ccc(C(F)(F)F)cc2)S1. The van der Waals surface area contributed by atoms with Crippen molar-refractivity contribution in [3.63, 3.8) is 0 Å². The van der Waals surface area contributed by atoms with Crippen LogP contribution in [0.15, 0.2) is 35.9 Å². The lowest BCUT2D eigenvalue weighted by Gasteiger charge is -2.15. The molecule has 2 atom stereocenters. The van der Waals surface area contributed by atoms with Crippen molar-refractivity contribution in [2.45, 2.75) is 43.4 Å². The van der Waals surface area contributed by atoms with Gasteiger partial charge < -0.3 is 4.74 Å². The lowest BCUT2D eigenvalue weighted by Crippen LogP contribution is -2.14. The zero-order chi connectivity index (χ0) is 15.5. The fourth-order valence-electron chi connectivity index (χ4n) is 2.28. The first kappa shape index (κ1) is 16.3. The molecule has 0 aromatic heterocycles. The molecule has 0 radical (unpaired) electrons. The molecule has 0 saturated heterocycles. The van der Waals surface area contributed by atoms with Crippen LogP contribution in [0.2, 0.25) is 0 Å². The molecule has 0 amide bonds. The second-order valence-electron chi connectivity index (χ2n) is 5.20. The van der Waals surface area contributed by atoms with E-state index in [1.165, 1.54) is 17.7 Å². The first-order valence-corrected chi connectivity index (χ1v) is 7.98. The summed E-state index contributed by atoms with van der Waals surface area (Å²) in [5.74, 6) is 0.482. The maximum absolute atomic E-state index is 12.5. The van der Waals surface area contributed by atoms with E-state index in [0.29, 0.717) is 22.9 Å². The summed E-state index contributed by atoms with van der Waals surface area (Å²) in [6.07, 6.45) is 0.272. The lowest BCUT2D eigenvalue weighted by molar-refractivity contribution is -0.137. The van der Waals surface area contributed by atoms with E-state index in [-0.39, 0.29) is 0 Å². The molecule has 0 bridgehead atoms. The second-order valence-corrected chi connectivity index (χ2v) is 6.64. The van der Waals surface area contributed by atoms with Crippen LogP contribution in [0, 0.1) is 0 Å². The lowest BCUT2D eigenvalue weighted by atomic mass is 10.1. The number of hydrogen-bond donors (Lipinski definition) is 0. The van der Waals surface area contributed by atoms with E-state index in [0.717, 1.165) is 25.0 Å². The third kappa shape index (κ3) is 4.43. The van der Waals surface area contributed by atoms with E-state index in [1.54, 1.807) is 0 Å². The van der Waals surface area contributed by atoms with Gasteiger partial charge >= 0.3 is 6.18 Å². The Morgan fingerprint density at radius 3 is 2.43 bits per heavy atom. The highest BCUT2D eigenvalue weighted by Crippen LogP contribution is 2.36.